The minimum atomic E-state index is -0.661. The van der Waals surface area contributed by atoms with E-state index in [-0.39, 0.29) is 18.5 Å². The zero-order valence-corrected chi connectivity index (χ0v) is 55.2. The standard InChI is InChI=1S/C76H143NO5/c1-3-5-7-9-11-13-15-16-17-39-43-46-50-54-58-62-66-70-76(81)82-71-67-63-59-55-51-47-44-41-38-36-34-32-30-28-26-24-22-20-18-19-21-23-25-27-29-31-33-35-37-40-42-45-49-53-57-61-65-69-75(80)77-73(72-78)74(79)68-64-60-56-52-48-14-12-10-8-6-4-2/h11,13,16-18,20,24,26,73-74,78-79H,3-10,12,14-15,19,21-23,25,27-72H2,1-2H3,(H,77,80)/b13-11-,17-16-,20-18-,26-24-. The molecule has 0 rings (SSSR count). The summed E-state index contributed by atoms with van der Waals surface area (Å²) in [5.74, 6) is -0.0207. The van der Waals surface area contributed by atoms with Gasteiger partial charge in [-0.15, -0.1) is 0 Å². The zero-order valence-electron chi connectivity index (χ0n) is 55.2. The quantitative estimate of drug-likeness (QED) is 0.0320. The topological polar surface area (TPSA) is 95.9 Å². The van der Waals surface area contributed by atoms with Crippen LogP contribution in [0.5, 0.6) is 0 Å². The molecule has 0 radical (unpaired) electrons. The highest BCUT2D eigenvalue weighted by molar-refractivity contribution is 5.76. The van der Waals surface area contributed by atoms with Crippen molar-refractivity contribution < 1.29 is 24.5 Å². The lowest BCUT2D eigenvalue weighted by atomic mass is 10.0. The largest absolute Gasteiger partial charge is 0.466 e. The van der Waals surface area contributed by atoms with Crippen LogP contribution in [0.1, 0.15) is 399 Å². The van der Waals surface area contributed by atoms with Crippen LogP contribution < -0.4 is 5.32 Å². The summed E-state index contributed by atoms with van der Waals surface area (Å²) in [7, 11) is 0. The molecule has 82 heavy (non-hydrogen) atoms. The third-order valence-electron chi connectivity index (χ3n) is 17.1. The van der Waals surface area contributed by atoms with Crippen molar-refractivity contribution in [1.29, 1.82) is 0 Å². The van der Waals surface area contributed by atoms with Gasteiger partial charge in [0.15, 0.2) is 0 Å². The van der Waals surface area contributed by atoms with Gasteiger partial charge in [-0.05, 0) is 89.9 Å². The third-order valence-corrected chi connectivity index (χ3v) is 17.1. The number of carbonyl (C=O) groups excluding carboxylic acids is 2. The van der Waals surface area contributed by atoms with Crippen LogP contribution >= 0.6 is 0 Å². The Balaban J connectivity index is 3.34. The number of hydrogen-bond acceptors (Lipinski definition) is 5. The normalized spacial score (nSPS) is 12.8. The van der Waals surface area contributed by atoms with Gasteiger partial charge >= 0.3 is 5.97 Å². The number of allylic oxidation sites excluding steroid dienone is 8. The number of amides is 1. The molecule has 0 aromatic heterocycles. The molecule has 2 atom stereocenters. The van der Waals surface area contributed by atoms with Gasteiger partial charge in [0.25, 0.3) is 0 Å². The number of aliphatic hydroxyl groups is 2. The van der Waals surface area contributed by atoms with E-state index in [0.717, 1.165) is 57.8 Å². The second kappa shape index (κ2) is 71.3. The Kier molecular flexibility index (Phi) is 69.4. The van der Waals surface area contributed by atoms with Crippen LogP contribution in [-0.2, 0) is 14.3 Å². The molecule has 0 saturated heterocycles. The van der Waals surface area contributed by atoms with E-state index in [4.69, 9.17) is 4.74 Å². The maximum Gasteiger partial charge on any atom is 0.305 e. The summed E-state index contributed by atoms with van der Waals surface area (Å²) in [4.78, 5) is 24.6. The molecule has 2 unspecified atom stereocenters. The molecule has 0 aliphatic rings. The molecule has 0 heterocycles. The predicted octanol–water partition coefficient (Wildman–Crippen LogP) is 24.0. The summed E-state index contributed by atoms with van der Waals surface area (Å²) in [6, 6.07) is -0.538. The Morgan fingerprint density at radius 2 is 0.610 bits per heavy atom. The fraction of sp³-hybridized carbons (Fsp3) is 0.868. The van der Waals surface area contributed by atoms with Crippen molar-refractivity contribution in [2.24, 2.45) is 0 Å². The Labute approximate surface area is 512 Å². The molecule has 0 bridgehead atoms. The number of ether oxygens (including phenoxy) is 1. The summed E-state index contributed by atoms with van der Waals surface area (Å²) < 4.78 is 5.50. The number of rotatable bonds is 69. The molecule has 6 nitrogen and oxygen atoms in total. The molecule has 0 saturated carbocycles. The van der Waals surface area contributed by atoms with Gasteiger partial charge < -0.3 is 20.3 Å². The summed E-state index contributed by atoms with van der Waals surface area (Å²) in [6.45, 7) is 4.94. The number of esters is 1. The number of aliphatic hydroxyl groups excluding tert-OH is 2. The first-order valence-electron chi connectivity index (χ1n) is 36.9. The number of nitrogens with one attached hydrogen (secondary N) is 1. The smallest absolute Gasteiger partial charge is 0.305 e. The molecule has 482 valence electrons. The van der Waals surface area contributed by atoms with Crippen molar-refractivity contribution in [3.05, 3.63) is 48.6 Å². The van der Waals surface area contributed by atoms with E-state index in [1.54, 1.807) is 0 Å². The summed E-state index contributed by atoms with van der Waals surface area (Å²) in [5, 5.41) is 23.2. The van der Waals surface area contributed by atoms with Crippen LogP contribution in [0, 0.1) is 0 Å². The highest BCUT2D eigenvalue weighted by Gasteiger charge is 2.20. The average Bonchev–Trinajstić information content (AvgIpc) is 3.48. The van der Waals surface area contributed by atoms with E-state index in [9.17, 15) is 19.8 Å². The molecule has 3 N–H and O–H groups in total. The van der Waals surface area contributed by atoms with Crippen molar-refractivity contribution >= 4 is 11.9 Å². The van der Waals surface area contributed by atoms with Crippen LogP contribution in [0.2, 0.25) is 0 Å². The van der Waals surface area contributed by atoms with E-state index in [0.29, 0.717) is 25.9 Å². The highest BCUT2D eigenvalue weighted by atomic mass is 16.5. The molecule has 0 aliphatic heterocycles. The first-order chi connectivity index (χ1) is 40.5. The maximum absolute atomic E-state index is 12.5. The highest BCUT2D eigenvalue weighted by Crippen LogP contribution is 2.19. The zero-order chi connectivity index (χ0) is 59.2. The van der Waals surface area contributed by atoms with Crippen LogP contribution in [0.15, 0.2) is 48.6 Å². The van der Waals surface area contributed by atoms with E-state index in [1.807, 2.05) is 0 Å². The van der Waals surface area contributed by atoms with Gasteiger partial charge in [0, 0.05) is 12.8 Å². The molecule has 0 aliphatic carbocycles. The number of unbranched alkanes of at least 4 members (excludes halogenated alkanes) is 50. The molecular weight excluding hydrogens is 1010 g/mol. The first-order valence-corrected chi connectivity index (χ1v) is 36.9. The van der Waals surface area contributed by atoms with Gasteiger partial charge in [0.2, 0.25) is 5.91 Å². The second-order valence-electron chi connectivity index (χ2n) is 25.3. The molecule has 0 fully saturated rings. The average molecular weight is 1150 g/mol. The van der Waals surface area contributed by atoms with E-state index >= 15 is 0 Å². The molecule has 0 aromatic carbocycles. The SMILES string of the molecule is CCCCC/C=C\C/C=C\CCCCCCCCCC(=O)OCCCCCCCCCCCCCCC/C=C\C/C=C\CCCCCCCCCCCCCCCCCCCC(=O)NC(CO)C(O)CCCCCCCCCCCCC. The number of carbonyl (C=O) groups is 2. The molecular formula is C76H143NO5. The Hall–Kier alpha value is -2.18. The Bertz CT molecular complexity index is 1370. The van der Waals surface area contributed by atoms with Gasteiger partial charge in [0.05, 0.1) is 25.4 Å². The van der Waals surface area contributed by atoms with Gasteiger partial charge in [-0.25, -0.2) is 0 Å². The summed E-state index contributed by atoms with van der Waals surface area (Å²) >= 11 is 0. The van der Waals surface area contributed by atoms with Crippen molar-refractivity contribution in [2.75, 3.05) is 13.2 Å². The predicted molar refractivity (Wildman–Crippen MR) is 361 cm³/mol. The van der Waals surface area contributed by atoms with Crippen molar-refractivity contribution in [3.8, 4) is 0 Å². The molecule has 0 spiro atoms. The Morgan fingerprint density at radius 1 is 0.341 bits per heavy atom. The summed E-state index contributed by atoms with van der Waals surface area (Å²) in [5.41, 5.74) is 0. The van der Waals surface area contributed by atoms with Crippen molar-refractivity contribution in [1.82, 2.24) is 5.32 Å². The van der Waals surface area contributed by atoms with Crippen molar-refractivity contribution in [2.45, 2.75) is 411 Å². The summed E-state index contributed by atoms with van der Waals surface area (Å²) in [6.07, 6.45) is 93.3. The lowest BCUT2D eigenvalue weighted by Gasteiger charge is -2.22. The van der Waals surface area contributed by atoms with Gasteiger partial charge in [-0.3, -0.25) is 9.59 Å². The minimum Gasteiger partial charge on any atom is -0.466 e. The molecule has 1 amide bonds. The second-order valence-corrected chi connectivity index (χ2v) is 25.3. The fourth-order valence-corrected chi connectivity index (χ4v) is 11.5. The van der Waals surface area contributed by atoms with Crippen LogP contribution in [0.25, 0.3) is 0 Å². The molecule has 6 heteroatoms. The maximum atomic E-state index is 12.5. The minimum absolute atomic E-state index is 0.0111. The third kappa shape index (κ3) is 67.0. The van der Waals surface area contributed by atoms with E-state index in [2.05, 4.69) is 67.8 Å². The molecule has 0 aromatic rings. The lowest BCUT2D eigenvalue weighted by Crippen LogP contribution is -2.45. The van der Waals surface area contributed by atoms with Gasteiger partial charge in [-0.1, -0.05) is 345 Å². The Morgan fingerprint density at radius 3 is 0.951 bits per heavy atom. The fourth-order valence-electron chi connectivity index (χ4n) is 11.5. The monoisotopic (exact) mass is 1150 g/mol. The van der Waals surface area contributed by atoms with Gasteiger partial charge in [0.1, 0.15) is 0 Å². The van der Waals surface area contributed by atoms with Crippen molar-refractivity contribution in [3.63, 3.8) is 0 Å². The van der Waals surface area contributed by atoms with Crippen LogP contribution in [0.4, 0.5) is 0 Å². The van der Waals surface area contributed by atoms with Crippen LogP contribution in [-0.4, -0.2) is 47.4 Å². The van der Waals surface area contributed by atoms with E-state index in [1.165, 1.54) is 308 Å². The van der Waals surface area contributed by atoms with Gasteiger partial charge in [-0.2, -0.15) is 0 Å². The number of hydrogen-bond donors (Lipinski definition) is 3. The van der Waals surface area contributed by atoms with E-state index < -0.39 is 12.1 Å². The first kappa shape index (κ1) is 79.8. The lowest BCUT2D eigenvalue weighted by molar-refractivity contribution is -0.143. The van der Waals surface area contributed by atoms with Crippen LogP contribution in [0.3, 0.4) is 0 Å².